The van der Waals surface area contributed by atoms with Gasteiger partial charge in [0.15, 0.2) is 0 Å². The third kappa shape index (κ3) is 5.64. The standard InChI is InChI=1S/C23H24N4O3/c1-3-18-14-21(29)27-22(26-18)17-10-7-11-19(13-17)25-20(28)12-15(2)24-23(30)16-8-5-4-6-9-16/h4-11,13-15H,3,12H2,1-2H3,(H,24,30)(H,25,28)(H,26,27,29). The van der Waals surface area contributed by atoms with Crippen molar-refractivity contribution in [3.05, 3.63) is 82.3 Å². The Morgan fingerprint density at radius 2 is 1.83 bits per heavy atom. The van der Waals surface area contributed by atoms with Crippen molar-refractivity contribution < 1.29 is 9.59 Å². The van der Waals surface area contributed by atoms with Gasteiger partial charge in [-0.25, -0.2) is 4.98 Å². The van der Waals surface area contributed by atoms with Gasteiger partial charge in [0, 0.05) is 41.0 Å². The average Bonchev–Trinajstić information content (AvgIpc) is 2.73. The summed E-state index contributed by atoms with van der Waals surface area (Å²) in [7, 11) is 0. The van der Waals surface area contributed by atoms with E-state index in [0.717, 1.165) is 0 Å². The summed E-state index contributed by atoms with van der Waals surface area (Å²) in [5, 5.41) is 5.65. The molecule has 0 aliphatic rings. The molecule has 2 amide bonds. The van der Waals surface area contributed by atoms with Gasteiger partial charge in [0.05, 0.1) is 0 Å². The molecular weight excluding hydrogens is 380 g/mol. The van der Waals surface area contributed by atoms with Gasteiger partial charge in [-0.1, -0.05) is 37.3 Å². The van der Waals surface area contributed by atoms with Crippen LogP contribution in [-0.4, -0.2) is 27.8 Å². The number of amides is 2. The van der Waals surface area contributed by atoms with Crippen molar-refractivity contribution in [3.8, 4) is 11.4 Å². The molecule has 7 heteroatoms. The van der Waals surface area contributed by atoms with Gasteiger partial charge in [0.2, 0.25) is 5.91 Å². The Labute approximate surface area is 174 Å². The molecular formula is C23H24N4O3. The molecule has 0 spiro atoms. The molecule has 3 N–H and O–H groups in total. The second-order valence-corrected chi connectivity index (χ2v) is 7.01. The molecule has 3 aromatic rings. The summed E-state index contributed by atoms with van der Waals surface area (Å²) < 4.78 is 0. The molecule has 1 aromatic heterocycles. The molecule has 0 bridgehead atoms. The summed E-state index contributed by atoms with van der Waals surface area (Å²) in [6, 6.07) is 17.1. The lowest BCUT2D eigenvalue weighted by atomic mass is 10.1. The zero-order valence-electron chi connectivity index (χ0n) is 16.9. The van der Waals surface area contributed by atoms with Crippen molar-refractivity contribution in [2.75, 3.05) is 5.32 Å². The fourth-order valence-electron chi connectivity index (χ4n) is 3.01. The molecule has 0 saturated carbocycles. The van der Waals surface area contributed by atoms with E-state index in [1.165, 1.54) is 6.07 Å². The van der Waals surface area contributed by atoms with Gasteiger partial charge < -0.3 is 15.6 Å². The van der Waals surface area contributed by atoms with Crippen LogP contribution in [-0.2, 0) is 11.2 Å². The lowest BCUT2D eigenvalue weighted by Gasteiger charge is -2.14. The van der Waals surface area contributed by atoms with Crippen LogP contribution in [0.1, 0.15) is 36.3 Å². The van der Waals surface area contributed by atoms with Crippen LogP contribution in [0, 0.1) is 0 Å². The quantitative estimate of drug-likeness (QED) is 0.563. The molecule has 3 rings (SSSR count). The van der Waals surface area contributed by atoms with Gasteiger partial charge in [-0.2, -0.15) is 0 Å². The van der Waals surface area contributed by atoms with Crippen LogP contribution in [0.15, 0.2) is 65.5 Å². The number of carbonyl (C=O) groups is 2. The predicted octanol–water partition coefficient (Wildman–Crippen LogP) is 3.15. The van der Waals surface area contributed by atoms with Crippen molar-refractivity contribution in [2.45, 2.75) is 32.7 Å². The third-order valence-corrected chi connectivity index (χ3v) is 4.48. The molecule has 0 aliphatic heterocycles. The number of aromatic nitrogens is 2. The minimum absolute atomic E-state index is 0.128. The van der Waals surface area contributed by atoms with E-state index in [1.54, 1.807) is 49.4 Å². The number of hydrogen-bond acceptors (Lipinski definition) is 4. The number of nitrogens with zero attached hydrogens (tertiary/aromatic N) is 1. The molecule has 7 nitrogen and oxygen atoms in total. The molecule has 0 aliphatic carbocycles. The van der Waals surface area contributed by atoms with Crippen molar-refractivity contribution >= 4 is 17.5 Å². The number of aromatic amines is 1. The lowest BCUT2D eigenvalue weighted by Crippen LogP contribution is -2.35. The van der Waals surface area contributed by atoms with Crippen LogP contribution in [0.2, 0.25) is 0 Å². The molecule has 0 radical (unpaired) electrons. The van der Waals surface area contributed by atoms with Gasteiger partial charge in [0.1, 0.15) is 5.82 Å². The smallest absolute Gasteiger partial charge is 0.251 e. The largest absolute Gasteiger partial charge is 0.349 e. The summed E-state index contributed by atoms with van der Waals surface area (Å²) in [5.74, 6) is 0.0134. The maximum absolute atomic E-state index is 12.4. The van der Waals surface area contributed by atoms with Gasteiger partial charge in [0.25, 0.3) is 11.5 Å². The summed E-state index contributed by atoms with van der Waals surface area (Å²) in [6.45, 7) is 3.71. The zero-order chi connectivity index (χ0) is 21.5. The Bertz CT molecular complexity index is 1090. The number of H-pyrrole nitrogens is 1. The first-order valence-corrected chi connectivity index (χ1v) is 9.81. The summed E-state index contributed by atoms with van der Waals surface area (Å²) in [4.78, 5) is 43.6. The highest BCUT2D eigenvalue weighted by molar-refractivity contribution is 5.95. The fourth-order valence-corrected chi connectivity index (χ4v) is 3.01. The Balaban J connectivity index is 1.63. The first-order chi connectivity index (χ1) is 14.4. The molecule has 1 heterocycles. The predicted molar refractivity (Wildman–Crippen MR) is 116 cm³/mol. The maximum Gasteiger partial charge on any atom is 0.251 e. The summed E-state index contributed by atoms with van der Waals surface area (Å²) in [5.41, 5.74) is 2.32. The molecule has 2 aromatic carbocycles. The fraction of sp³-hybridized carbons (Fsp3) is 0.217. The summed E-state index contributed by atoms with van der Waals surface area (Å²) in [6.07, 6.45) is 0.781. The van der Waals surface area contributed by atoms with Crippen LogP contribution in [0.5, 0.6) is 0 Å². The van der Waals surface area contributed by atoms with Crippen molar-refractivity contribution in [1.29, 1.82) is 0 Å². The molecule has 154 valence electrons. The molecule has 0 fully saturated rings. The third-order valence-electron chi connectivity index (χ3n) is 4.48. The molecule has 30 heavy (non-hydrogen) atoms. The first-order valence-electron chi connectivity index (χ1n) is 9.81. The number of hydrogen-bond donors (Lipinski definition) is 3. The number of aryl methyl sites for hydroxylation is 1. The second-order valence-electron chi connectivity index (χ2n) is 7.01. The number of anilines is 1. The minimum Gasteiger partial charge on any atom is -0.349 e. The number of carbonyl (C=O) groups excluding carboxylic acids is 2. The normalized spacial score (nSPS) is 11.5. The minimum atomic E-state index is -0.333. The maximum atomic E-state index is 12.4. The van der Waals surface area contributed by atoms with Crippen molar-refractivity contribution in [3.63, 3.8) is 0 Å². The van der Waals surface area contributed by atoms with Gasteiger partial charge >= 0.3 is 0 Å². The van der Waals surface area contributed by atoms with Crippen molar-refractivity contribution in [2.24, 2.45) is 0 Å². The Kier molecular flexibility index (Phi) is 6.75. The molecule has 0 saturated heterocycles. The van der Waals surface area contributed by atoms with Crippen LogP contribution in [0.25, 0.3) is 11.4 Å². The molecule has 1 atom stereocenters. The van der Waals surface area contributed by atoms with Gasteiger partial charge in [-0.3, -0.25) is 14.4 Å². The van der Waals surface area contributed by atoms with Crippen LogP contribution in [0.4, 0.5) is 5.69 Å². The summed E-state index contributed by atoms with van der Waals surface area (Å²) >= 11 is 0. The highest BCUT2D eigenvalue weighted by Crippen LogP contribution is 2.19. The number of nitrogens with one attached hydrogen (secondary N) is 3. The highest BCUT2D eigenvalue weighted by atomic mass is 16.2. The van der Waals surface area contributed by atoms with E-state index < -0.39 is 0 Å². The Morgan fingerprint density at radius 1 is 1.07 bits per heavy atom. The van der Waals surface area contributed by atoms with Crippen LogP contribution >= 0.6 is 0 Å². The number of rotatable bonds is 7. The number of benzene rings is 2. The SMILES string of the molecule is CCc1cc(=O)[nH]c(-c2cccc(NC(=O)CC(C)NC(=O)c3ccccc3)c2)n1. The van der Waals surface area contributed by atoms with Crippen molar-refractivity contribution in [1.82, 2.24) is 15.3 Å². The first kappa shape index (κ1) is 21.0. The average molecular weight is 404 g/mol. The second kappa shape index (κ2) is 9.65. The van der Waals surface area contributed by atoms with Crippen LogP contribution in [0.3, 0.4) is 0 Å². The van der Waals surface area contributed by atoms with E-state index in [2.05, 4.69) is 20.6 Å². The van der Waals surface area contributed by atoms with Gasteiger partial charge in [-0.05, 0) is 37.6 Å². The zero-order valence-corrected chi connectivity index (χ0v) is 16.9. The van der Waals surface area contributed by atoms with E-state index in [0.29, 0.717) is 34.8 Å². The molecule has 1 unspecified atom stereocenters. The van der Waals surface area contributed by atoms with E-state index in [-0.39, 0.29) is 29.8 Å². The van der Waals surface area contributed by atoms with E-state index >= 15 is 0 Å². The van der Waals surface area contributed by atoms with Crippen LogP contribution < -0.4 is 16.2 Å². The topological polar surface area (TPSA) is 104 Å². The monoisotopic (exact) mass is 404 g/mol. The lowest BCUT2D eigenvalue weighted by molar-refractivity contribution is -0.116. The van der Waals surface area contributed by atoms with E-state index in [4.69, 9.17) is 0 Å². The van der Waals surface area contributed by atoms with Gasteiger partial charge in [-0.15, -0.1) is 0 Å². The Hall–Kier alpha value is -3.74. The van der Waals surface area contributed by atoms with E-state index in [9.17, 15) is 14.4 Å². The highest BCUT2D eigenvalue weighted by Gasteiger charge is 2.14. The van der Waals surface area contributed by atoms with E-state index in [1.807, 2.05) is 19.1 Å². The Morgan fingerprint density at radius 3 is 2.57 bits per heavy atom.